The predicted octanol–water partition coefficient (Wildman–Crippen LogP) is 3.06. The van der Waals surface area contributed by atoms with Crippen molar-refractivity contribution < 1.29 is 9.84 Å². The van der Waals surface area contributed by atoms with E-state index < -0.39 is 0 Å². The van der Waals surface area contributed by atoms with Gasteiger partial charge in [0.25, 0.3) is 0 Å². The van der Waals surface area contributed by atoms with Gasteiger partial charge in [0.1, 0.15) is 0 Å². The SMILES string of the molecule is CC1(C)[C@H]2CC[C@@]1(C)[C@@H](OCC[C@H](O)CN1CCCC1)C2. The molecule has 0 spiro atoms. The zero-order valence-electron chi connectivity index (χ0n) is 14.1. The number of fused-ring (bicyclic) bond motifs is 2. The Bertz CT molecular complexity index is 364. The van der Waals surface area contributed by atoms with Crippen LogP contribution in [0.4, 0.5) is 0 Å². The van der Waals surface area contributed by atoms with Crippen molar-refractivity contribution in [2.45, 2.75) is 71.5 Å². The Morgan fingerprint density at radius 1 is 1.24 bits per heavy atom. The minimum Gasteiger partial charge on any atom is -0.392 e. The monoisotopic (exact) mass is 295 g/mol. The van der Waals surface area contributed by atoms with E-state index in [4.69, 9.17) is 4.74 Å². The minimum absolute atomic E-state index is 0.220. The predicted molar refractivity (Wildman–Crippen MR) is 85.3 cm³/mol. The number of nitrogens with zero attached hydrogens (tertiary/aromatic N) is 1. The first kappa shape index (κ1) is 15.8. The molecular formula is C18H33NO2. The van der Waals surface area contributed by atoms with E-state index in [9.17, 15) is 5.11 Å². The molecule has 3 heteroatoms. The number of aliphatic hydroxyl groups excluding tert-OH is 1. The number of likely N-dealkylation sites (tertiary alicyclic amines) is 1. The molecule has 2 saturated carbocycles. The Hall–Kier alpha value is -0.120. The highest BCUT2D eigenvalue weighted by molar-refractivity contribution is 5.11. The van der Waals surface area contributed by atoms with E-state index in [2.05, 4.69) is 25.7 Å². The Labute approximate surface area is 130 Å². The fourth-order valence-electron chi connectivity index (χ4n) is 5.08. The van der Waals surface area contributed by atoms with Gasteiger partial charge in [-0.1, -0.05) is 20.8 Å². The van der Waals surface area contributed by atoms with Crippen LogP contribution in [0.3, 0.4) is 0 Å². The number of aliphatic hydroxyl groups is 1. The second kappa shape index (κ2) is 5.82. The fourth-order valence-corrected chi connectivity index (χ4v) is 5.08. The highest BCUT2D eigenvalue weighted by Gasteiger charge is 2.61. The van der Waals surface area contributed by atoms with Gasteiger partial charge >= 0.3 is 0 Å². The van der Waals surface area contributed by atoms with Crippen LogP contribution in [0.25, 0.3) is 0 Å². The van der Waals surface area contributed by atoms with Crippen molar-refractivity contribution in [3.8, 4) is 0 Å². The molecule has 1 aliphatic heterocycles. The topological polar surface area (TPSA) is 32.7 Å². The third-order valence-electron chi connectivity index (χ3n) is 7.15. The molecular weight excluding hydrogens is 262 g/mol. The van der Waals surface area contributed by atoms with Crippen molar-refractivity contribution in [1.82, 2.24) is 4.90 Å². The molecule has 0 aromatic rings. The number of β-amino-alcohol motifs (C(OH)–C–C–N with tert-alkyl or cyclic N) is 1. The van der Waals surface area contributed by atoms with E-state index in [1.54, 1.807) is 0 Å². The molecule has 3 rings (SSSR count). The van der Waals surface area contributed by atoms with E-state index >= 15 is 0 Å². The van der Waals surface area contributed by atoms with Crippen LogP contribution in [0, 0.1) is 16.7 Å². The summed E-state index contributed by atoms with van der Waals surface area (Å²) in [5, 5.41) is 10.2. The maximum atomic E-state index is 10.2. The van der Waals surface area contributed by atoms with Crippen molar-refractivity contribution in [2.75, 3.05) is 26.2 Å². The van der Waals surface area contributed by atoms with Crippen LogP contribution < -0.4 is 0 Å². The van der Waals surface area contributed by atoms with Crippen LogP contribution in [0.5, 0.6) is 0 Å². The average Bonchev–Trinajstić information content (AvgIpc) is 3.04. The number of rotatable bonds is 6. The van der Waals surface area contributed by atoms with Crippen molar-refractivity contribution in [3.05, 3.63) is 0 Å². The summed E-state index contributed by atoms with van der Waals surface area (Å²) >= 11 is 0. The third kappa shape index (κ3) is 2.77. The summed E-state index contributed by atoms with van der Waals surface area (Å²) in [4.78, 5) is 2.38. The van der Waals surface area contributed by atoms with Crippen LogP contribution in [0.2, 0.25) is 0 Å². The molecule has 1 saturated heterocycles. The van der Waals surface area contributed by atoms with E-state index in [-0.39, 0.29) is 6.10 Å². The Kier molecular flexibility index (Phi) is 4.37. The molecule has 21 heavy (non-hydrogen) atoms. The Morgan fingerprint density at radius 2 is 1.95 bits per heavy atom. The zero-order valence-corrected chi connectivity index (χ0v) is 14.1. The van der Waals surface area contributed by atoms with Crippen LogP contribution in [-0.2, 0) is 4.74 Å². The van der Waals surface area contributed by atoms with Gasteiger partial charge in [-0.2, -0.15) is 0 Å². The van der Waals surface area contributed by atoms with Gasteiger partial charge in [0.15, 0.2) is 0 Å². The maximum absolute atomic E-state index is 10.2. The zero-order chi connectivity index (χ0) is 15.1. The van der Waals surface area contributed by atoms with Crippen LogP contribution in [-0.4, -0.2) is 48.5 Å². The number of hydrogen-bond acceptors (Lipinski definition) is 3. The molecule has 0 amide bonds. The number of ether oxygens (including phenoxy) is 1. The lowest BCUT2D eigenvalue weighted by Gasteiger charge is -2.39. The standard InChI is InChI=1S/C18H33NO2/c1-17(2)14-6-8-18(17,3)16(12-14)21-11-7-15(20)13-19-9-4-5-10-19/h14-16,20H,4-13H2,1-3H3/t14-,15-,16-,18-/m0/s1. The molecule has 0 aromatic heterocycles. The molecule has 1 N–H and O–H groups in total. The second-order valence-corrected chi connectivity index (χ2v) is 8.42. The molecule has 2 aliphatic carbocycles. The second-order valence-electron chi connectivity index (χ2n) is 8.42. The van der Waals surface area contributed by atoms with E-state index in [1.165, 1.54) is 32.1 Å². The summed E-state index contributed by atoms with van der Waals surface area (Å²) in [7, 11) is 0. The Balaban J connectivity index is 1.42. The third-order valence-corrected chi connectivity index (χ3v) is 7.15. The lowest BCUT2D eigenvalue weighted by molar-refractivity contribution is -0.0561. The largest absolute Gasteiger partial charge is 0.392 e. The average molecular weight is 295 g/mol. The van der Waals surface area contributed by atoms with Gasteiger partial charge in [-0.05, 0) is 68.4 Å². The van der Waals surface area contributed by atoms with Crippen molar-refractivity contribution in [3.63, 3.8) is 0 Å². The van der Waals surface area contributed by atoms with E-state index in [0.717, 1.165) is 38.6 Å². The van der Waals surface area contributed by atoms with Gasteiger partial charge < -0.3 is 14.7 Å². The van der Waals surface area contributed by atoms with Gasteiger partial charge in [0.2, 0.25) is 0 Å². The van der Waals surface area contributed by atoms with Gasteiger partial charge in [-0.25, -0.2) is 0 Å². The highest BCUT2D eigenvalue weighted by atomic mass is 16.5. The summed E-state index contributed by atoms with van der Waals surface area (Å²) in [6.45, 7) is 11.2. The molecule has 2 bridgehead atoms. The first-order valence-corrected chi connectivity index (χ1v) is 8.95. The molecule has 122 valence electrons. The summed E-state index contributed by atoms with van der Waals surface area (Å²) in [6.07, 6.45) is 7.47. The molecule has 0 aromatic carbocycles. The first-order valence-electron chi connectivity index (χ1n) is 8.95. The molecule has 3 aliphatic rings. The van der Waals surface area contributed by atoms with Crippen molar-refractivity contribution in [2.24, 2.45) is 16.7 Å². The van der Waals surface area contributed by atoms with Gasteiger partial charge in [0.05, 0.1) is 12.2 Å². The first-order chi connectivity index (χ1) is 9.93. The van der Waals surface area contributed by atoms with Gasteiger partial charge in [0, 0.05) is 13.2 Å². The summed E-state index contributed by atoms with van der Waals surface area (Å²) < 4.78 is 6.23. The molecule has 0 radical (unpaired) electrons. The molecule has 1 heterocycles. The lowest BCUT2D eigenvalue weighted by atomic mass is 9.70. The van der Waals surface area contributed by atoms with Crippen molar-refractivity contribution in [1.29, 1.82) is 0 Å². The van der Waals surface area contributed by atoms with Crippen LogP contribution in [0.1, 0.15) is 59.3 Å². The Morgan fingerprint density at radius 3 is 2.52 bits per heavy atom. The highest BCUT2D eigenvalue weighted by Crippen LogP contribution is 2.66. The summed E-state index contributed by atoms with van der Waals surface area (Å²) in [6, 6.07) is 0. The van der Waals surface area contributed by atoms with Crippen molar-refractivity contribution >= 4 is 0 Å². The summed E-state index contributed by atoms with van der Waals surface area (Å²) in [5.41, 5.74) is 0.767. The van der Waals surface area contributed by atoms with Crippen LogP contribution in [0.15, 0.2) is 0 Å². The molecule has 0 unspecified atom stereocenters. The molecule has 4 atom stereocenters. The van der Waals surface area contributed by atoms with Gasteiger partial charge in [-0.3, -0.25) is 0 Å². The van der Waals surface area contributed by atoms with Gasteiger partial charge in [-0.15, -0.1) is 0 Å². The van der Waals surface area contributed by atoms with E-state index in [1.807, 2.05) is 0 Å². The summed E-state index contributed by atoms with van der Waals surface area (Å²) in [5.74, 6) is 0.835. The van der Waals surface area contributed by atoms with Crippen LogP contribution >= 0.6 is 0 Å². The quantitative estimate of drug-likeness (QED) is 0.817. The smallest absolute Gasteiger partial charge is 0.0689 e. The molecule has 3 fully saturated rings. The maximum Gasteiger partial charge on any atom is 0.0689 e. The number of hydrogen-bond donors (Lipinski definition) is 1. The minimum atomic E-state index is -0.220. The lowest BCUT2D eigenvalue weighted by Crippen LogP contribution is -2.38. The molecule has 3 nitrogen and oxygen atoms in total. The fraction of sp³-hybridized carbons (Fsp3) is 1.00. The normalized spacial score (nSPS) is 40.0. The van der Waals surface area contributed by atoms with E-state index in [0.29, 0.717) is 16.9 Å².